The zero-order chi connectivity index (χ0) is 26.0. The van der Waals surface area contributed by atoms with Crippen LogP contribution in [0.4, 0.5) is 9.59 Å². The van der Waals surface area contributed by atoms with Crippen molar-refractivity contribution in [2.45, 2.75) is 70.7 Å². The molecule has 35 heavy (non-hydrogen) atoms. The minimum Gasteiger partial charge on any atom is -0.465 e. The Morgan fingerprint density at radius 3 is 2.31 bits per heavy atom. The minimum absolute atomic E-state index is 0.152. The lowest BCUT2D eigenvalue weighted by Gasteiger charge is -2.41. The summed E-state index contributed by atoms with van der Waals surface area (Å²) in [6, 6.07) is 7.91. The number of nitrogens with zero attached hydrogens (tertiary/aromatic N) is 2. The van der Waals surface area contributed by atoms with Crippen LogP contribution in [0.15, 0.2) is 30.3 Å². The van der Waals surface area contributed by atoms with Crippen molar-refractivity contribution in [2.24, 2.45) is 0 Å². The summed E-state index contributed by atoms with van der Waals surface area (Å²) >= 11 is 0. The highest BCUT2D eigenvalue weighted by Crippen LogP contribution is 2.24. The van der Waals surface area contributed by atoms with Crippen molar-refractivity contribution in [2.75, 3.05) is 32.8 Å². The average Bonchev–Trinajstić information content (AvgIpc) is 2.82. The van der Waals surface area contributed by atoms with Crippen LogP contribution < -0.4 is 10.6 Å². The first kappa shape index (κ1) is 28.4. The van der Waals surface area contributed by atoms with Crippen molar-refractivity contribution in [1.29, 1.82) is 0 Å². The summed E-state index contributed by atoms with van der Waals surface area (Å²) in [6.07, 6.45) is -1.37. The zero-order valence-electron chi connectivity index (χ0n) is 21.2. The maximum atomic E-state index is 12.9. The SMILES string of the molecule is C[C@@H](NC(=O)C(O)[C@H](CCCCNC(=O)N1CCOCC1)N(C(=O)O)C(C)(C)C)c1ccccc1. The molecule has 1 heterocycles. The maximum absolute atomic E-state index is 12.9. The molecule has 1 aromatic rings. The first-order valence-corrected chi connectivity index (χ1v) is 12.2. The molecule has 0 aromatic heterocycles. The smallest absolute Gasteiger partial charge is 0.408 e. The molecule has 10 heteroatoms. The van der Waals surface area contributed by atoms with Crippen molar-refractivity contribution < 1.29 is 29.3 Å². The Kier molecular flexibility index (Phi) is 10.8. The van der Waals surface area contributed by atoms with Gasteiger partial charge in [-0.05, 0) is 52.5 Å². The number of ether oxygens (including phenoxy) is 1. The number of morpholine rings is 1. The number of hydrogen-bond acceptors (Lipinski definition) is 5. The third-order valence-electron chi connectivity index (χ3n) is 6.05. The number of amides is 4. The Labute approximate surface area is 207 Å². The topological polar surface area (TPSA) is 131 Å². The van der Waals surface area contributed by atoms with E-state index < -0.39 is 29.7 Å². The van der Waals surface area contributed by atoms with Crippen LogP contribution in [-0.4, -0.2) is 88.6 Å². The maximum Gasteiger partial charge on any atom is 0.408 e. The lowest BCUT2D eigenvalue weighted by molar-refractivity contribution is -0.134. The number of urea groups is 1. The highest BCUT2D eigenvalue weighted by Gasteiger charge is 2.39. The Balaban J connectivity index is 1.99. The standard InChI is InChI=1S/C25H40N4O6/c1-18(19-10-6-5-7-11-19)27-22(31)21(30)20(29(24(33)34)25(2,3)4)12-8-9-13-26-23(32)28-14-16-35-17-15-28/h5-7,10-11,18,20-21,30H,8-9,12-17H2,1-4H3,(H,26,32)(H,27,31)(H,33,34)/t18-,20+,21?/m1/s1. The van der Waals surface area contributed by atoms with E-state index in [4.69, 9.17) is 4.74 Å². The average molecular weight is 493 g/mol. The van der Waals surface area contributed by atoms with Crippen molar-refractivity contribution in [3.8, 4) is 0 Å². The fraction of sp³-hybridized carbons (Fsp3) is 0.640. The molecule has 4 amide bonds. The summed E-state index contributed by atoms with van der Waals surface area (Å²) in [5.74, 6) is -0.623. The third-order valence-corrected chi connectivity index (χ3v) is 6.05. The lowest BCUT2D eigenvalue weighted by atomic mass is 9.95. The molecule has 3 atom stereocenters. The van der Waals surface area contributed by atoms with Gasteiger partial charge >= 0.3 is 12.1 Å². The van der Waals surface area contributed by atoms with E-state index >= 15 is 0 Å². The van der Waals surface area contributed by atoms with E-state index in [0.29, 0.717) is 45.7 Å². The second kappa shape index (κ2) is 13.3. The van der Waals surface area contributed by atoms with Crippen molar-refractivity contribution in [3.05, 3.63) is 35.9 Å². The highest BCUT2D eigenvalue weighted by atomic mass is 16.5. The summed E-state index contributed by atoms with van der Waals surface area (Å²) < 4.78 is 5.25. The number of carbonyl (C=O) groups excluding carboxylic acids is 2. The zero-order valence-corrected chi connectivity index (χ0v) is 21.2. The van der Waals surface area contributed by atoms with Gasteiger partial charge in [-0.1, -0.05) is 30.3 Å². The van der Waals surface area contributed by atoms with Crippen LogP contribution >= 0.6 is 0 Å². The summed E-state index contributed by atoms with van der Waals surface area (Å²) in [5, 5.41) is 26.5. The van der Waals surface area contributed by atoms with E-state index in [-0.39, 0.29) is 18.5 Å². The molecule has 1 saturated heterocycles. The number of unbranched alkanes of at least 4 members (excludes halogenated alkanes) is 1. The molecule has 2 rings (SSSR count). The van der Waals surface area contributed by atoms with Gasteiger partial charge in [-0.25, -0.2) is 9.59 Å². The molecule has 10 nitrogen and oxygen atoms in total. The number of aliphatic hydroxyl groups is 1. The number of rotatable bonds is 10. The summed E-state index contributed by atoms with van der Waals surface area (Å²) in [4.78, 5) is 40.1. The molecule has 196 valence electrons. The molecule has 0 radical (unpaired) electrons. The molecule has 1 aliphatic rings. The number of carbonyl (C=O) groups is 3. The van der Waals surface area contributed by atoms with E-state index in [1.54, 1.807) is 25.7 Å². The summed E-state index contributed by atoms with van der Waals surface area (Å²) in [7, 11) is 0. The normalized spacial score (nSPS) is 16.7. The van der Waals surface area contributed by atoms with Crippen LogP contribution in [-0.2, 0) is 9.53 Å². The van der Waals surface area contributed by atoms with Crippen LogP contribution in [0.2, 0.25) is 0 Å². The predicted octanol–water partition coefficient (Wildman–Crippen LogP) is 2.58. The van der Waals surface area contributed by atoms with E-state index in [2.05, 4.69) is 10.6 Å². The van der Waals surface area contributed by atoms with Gasteiger partial charge in [0.15, 0.2) is 6.10 Å². The number of benzene rings is 1. The van der Waals surface area contributed by atoms with Gasteiger partial charge in [0.1, 0.15) is 0 Å². The molecule has 0 spiro atoms. The van der Waals surface area contributed by atoms with Crippen LogP contribution in [0.1, 0.15) is 58.6 Å². The van der Waals surface area contributed by atoms with Gasteiger partial charge in [0.25, 0.3) is 5.91 Å². The lowest BCUT2D eigenvalue weighted by Crippen LogP contribution is -2.58. The third kappa shape index (κ3) is 8.70. The predicted molar refractivity (Wildman–Crippen MR) is 132 cm³/mol. The number of carboxylic acid groups (broad SMARTS) is 1. The van der Waals surface area contributed by atoms with E-state index in [1.807, 2.05) is 37.3 Å². The number of hydrogen-bond donors (Lipinski definition) is 4. The Morgan fingerprint density at radius 1 is 1.11 bits per heavy atom. The molecule has 0 bridgehead atoms. The molecule has 0 aliphatic carbocycles. The van der Waals surface area contributed by atoms with Gasteiger partial charge in [0, 0.05) is 25.2 Å². The Morgan fingerprint density at radius 2 is 1.74 bits per heavy atom. The van der Waals surface area contributed by atoms with Gasteiger partial charge in [-0.15, -0.1) is 0 Å². The monoisotopic (exact) mass is 492 g/mol. The molecular weight excluding hydrogens is 452 g/mol. The quantitative estimate of drug-likeness (QED) is 0.371. The molecule has 1 aromatic carbocycles. The van der Waals surface area contributed by atoms with Crippen LogP contribution in [0.25, 0.3) is 0 Å². The number of aliphatic hydroxyl groups excluding tert-OH is 1. The molecule has 4 N–H and O–H groups in total. The summed E-state index contributed by atoms with van der Waals surface area (Å²) in [5.41, 5.74) is 0.0550. The van der Waals surface area contributed by atoms with E-state index in [0.717, 1.165) is 10.5 Å². The second-order valence-corrected chi connectivity index (χ2v) is 9.80. The fourth-order valence-electron chi connectivity index (χ4n) is 4.21. The van der Waals surface area contributed by atoms with Crippen molar-refractivity contribution >= 4 is 18.0 Å². The molecular formula is C25H40N4O6. The number of nitrogens with one attached hydrogen (secondary N) is 2. The van der Waals surface area contributed by atoms with Crippen molar-refractivity contribution in [3.63, 3.8) is 0 Å². The molecule has 1 aliphatic heterocycles. The first-order valence-electron chi connectivity index (χ1n) is 12.2. The van der Waals surface area contributed by atoms with Crippen LogP contribution in [0.5, 0.6) is 0 Å². The first-order chi connectivity index (χ1) is 16.5. The van der Waals surface area contributed by atoms with E-state index in [1.165, 1.54) is 0 Å². The van der Waals surface area contributed by atoms with Gasteiger partial charge in [-0.3, -0.25) is 9.69 Å². The van der Waals surface area contributed by atoms with Gasteiger partial charge in [0.2, 0.25) is 0 Å². The molecule has 1 fully saturated rings. The van der Waals surface area contributed by atoms with Gasteiger partial charge in [0.05, 0.1) is 25.3 Å². The van der Waals surface area contributed by atoms with Crippen LogP contribution in [0, 0.1) is 0 Å². The van der Waals surface area contributed by atoms with Gasteiger partial charge < -0.3 is 30.5 Å². The second-order valence-electron chi connectivity index (χ2n) is 9.80. The van der Waals surface area contributed by atoms with Crippen LogP contribution in [0.3, 0.4) is 0 Å². The Bertz CT molecular complexity index is 823. The fourth-order valence-corrected chi connectivity index (χ4v) is 4.21. The molecule has 1 unspecified atom stereocenters. The summed E-state index contributed by atoms with van der Waals surface area (Å²) in [6.45, 7) is 9.57. The largest absolute Gasteiger partial charge is 0.465 e. The minimum atomic E-state index is -1.54. The highest BCUT2D eigenvalue weighted by molar-refractivity contribution is 5.82. The van der Waals surface area contributed by atoms with Crippen molar-refractivity contribution in [1.82, 2.24) is 20.4 Å². The van der Waals surface area contributed by atoms with Gasteiger partial charge in [-0.2, -0.15) is 0 Å². The Hall–Kier alpha value is -2.85. The van der Waals surface area contributed by atoms with E-state index in [9.17, 15) is 24.6 Å². The molecule has 0 saturated carbocycles.